The Morgan fingerprint density at radius 1 is 1.44 bits per heavy atom. The van der Waals surface area contributed by atoms with E-state index in [1.54, 1.807) is 0 Å². The van der Waals surface area contributed by atoms with Crippen LogP contribution < -0.4 is 0 Å². The highest BCUT2D eigenvalue weighted by molar-refractivity contribution is 5.54. The maximum Gasteiger partial charge on any atom is 0.0624 e. The Hall–Kier alpha value is -1.75. The van der Waals surface area contributed by atoms with Crippen LogP contribution in [0.3, 0.4) is 0 Å². The normalized spacial score (nSPS) is 19.3. The summed E-state index contributed by atoms with van der Waals surface area (Å²) in [7, 11) is 0. The topological polar surface area (TPSA) is 28.2 Å². The van der Waals surface area contributed by atoms with Crippen molar-refractivity contribution in [3.8, 4) is 6.07 Å². The van der Waals surface area contributed by atoms with Crippen molar-refractivity contribution in [1.29, 1.82) is 5.26 Å². The Bertz CT molecular complexity index is 560. The lowest BCUT2D eigenvalue weighted by Crippen LogP contribution is -2.13. The second-order valence-electron chi connectivity index (χ2n) is 4.58. The van der Waals surface area contributed by atoms with Gasteiger partial charge in [-0.3, -0.25) is 0 Å². The van der Waals surface area contributed by atoms with Crippen molar-refractivity contribution in [2.24, 2.45) is 5.92 Å². The highest BCUT2D eigenvalue weighted by atomic mass is 14.9. The molecule has 80 valence electrons. The summed E-state index contributed by atoms with van der Waals surface area (Å²) < 4.78 is 2.29. The molecule has 0 spiro atoms. The van der Waals surface area contributed by atoms with Crippen LogP contribution in [0.1, 0.15) is 24.1 Å². The van der Waals surface area contributed by atoms with Gasteiger partial charge in [-0.25, -0.2) is 0 Å². The molecule has 0 radical (unpaired) electrons. The average molecular weight is 210 g/mol. The van der Waals surface area contributed by atoms with E-state index in [4.69, 9.17) is 5.26 Å². The number of nitriles is 1. The van der Waals surface area contributed by atoms with Crippen LogP contribution in [0, 0.1) is 17.2 Å². The van der Waals surface area contributed by atoms with E-state index < -0.39 is 0 Å². The van der Waals surface area contributed by atoms with E-state index in [1.807, 2.05) is 0 Å². The van der Waals surface area contributed by atoms with E-state index in [1.165, 1.54) is 16.8 Å². The SMILES string of the molecule is N#CCC1CCc2c(cc3ccccn23)C1. The number of pyridine rings is 1. The summed E-state index contributed by atoms with van der Waals surface area (Å²) in [5.74, 6) is 0.565. The maximum absolute atomic E-state index is 8.75. The lowest BCUT2D eigenvalue weighted by atomic mass is 9.86. The second kappa shape index (κ2) is 3.68. The van der Waals surface area contributed by atoms with Crippen LogP contribution in [0.15, 0.2) is 30.5 Å². The van der Waals surface area contributed by atoms with Crippen LogP contribution in [0.4, 0.5) is 0 Å². The van der Waals surface area contributed by atoms with Crippen LogP contribution in [0.2, 0.25) is 0 Å². The molecule has 1 unspecified atom stereocenters. The van der Waals surface area contributed by atoms with E-state index in [2.05, 4.69) is 40.9 Å². The van der Waals surface area contributed by atoms with E-state index >= 15 is 0 Å². The molecule has 0 fully saturated rings. The van der Waals surface area contributed by atoms with Gasteiger partial charge in [-0.15, -0.1) is 0 Å². The molecule has 1 aliphatic carbocycles. The monoisotopic (exact) mass is 210 g/mol. The first-order valence-corrected chi connectivity index (χ1v) is 5.83. The summed E-state index contributed by atoms with van der Waals surface area (Å²) >= 11 is 0. The summed E-state index contributed by atoms with van der Waals surface area (Å²) in [6, 6.07) is 10.9. The first-order valence-electron chi connectivity index (χ1n) is 5.83. The molecule has 0 aromatic carbocycles. The van der Waals surface area contributed by atoms with Crippen molar-refractivity contribution in [3.63, 3.8) is 0 Å². The Morgan fingerprint density at radius 2 is 2.38 bits per heavy atom. The van der Waals surface area contributed by atoms with E-state index in [0.717, 1.165) is 19.3 Å². The summed E-state index contributed by atoms with van der Waals surface area (Å²) in [6.45, 7) is 0. The molecule has 2 nitrogen and oxygen atoms in total. The van der Waals surface area contributed by atoms with Gasteiger partial charge in [0.2, 0.25) is 0 Å². The van der Waals surface area contributed by atoms with Gasteiger partial charge in [-0.2, -0.15) is 5.26 Å². The number of aryl methyl sites for hydroxylation is 1. The van der Waals surface area contributed by atoms with Gasteiger partial charge >= 0.3 is 0 Å². The smallest absolute Gasteiger partial charge is 0.0624 e. The molecule has 1 aliphatic rings. The van der Waals surface area contributed by atoms with Crippen molar-refractivity contribution in [2.45, 2.75) is 25.7 Å². The predicted molar refractivity (Wildman–Crippen MR) is 63.1 cm³/mol. The van der Waals surface area contributed by atoms with Gasteiger partial charge < -0.3 is 4.40 Å². The number of nitrogens with zero attached hydrogens (tertiary/aromatic N) is 2. The molecule has 0 aliphatic heterocycles. The molecular formula is C14H14N2. The number of fused-ring (bicyclic) bond motifs is 3. The number of hydrogen-bond acceptors (Lipinski definition) is 1. The van der Waals surface area contributed by atoms with Crippen molar-refractivity contribution in [1.82, 2.24) is 4.40 Å². The number of hydrogen-bond donors (Lipinski definition) is 0. The Balaban J connectivity index is 2.03. The first-order chi connectivity index (χ1) is 7.88. The molecule has 2 aromatic heterocycles. The van der Waals surface area contributed by atoms with Crippen LogP contribution in [0.25, 0.3) is 5.52 Å². The zero-order valence-electron chi connectivity index (χ0n) is 9.19. The van der Waals surface area contributed by atoms with E-state index in [-0.39, 0.29) is 0 Å². The van der Waals surface area contributed by atoms with Crippen molar-refractivity contribution in [3.05, 3.63) is 41.7 Å². The van der Waals surface area contributed by atoms with Crippen molar-refractivity contribution in [2.75, 3.05) is 0 Å². The van der Waals surface area contributed by atoms with Gasteiger partial charge in [-0.1, -0.05) is 6.07 Å². The van der Waals surface area contributed by atoms with Crippen LogP contribution in [-0.4, -0.2) is 4.40 Å². The lowest BCUT2D eigenvalue weighted by molar-refractivity contribution is 0.463. The standard InChI is InChI=1S/C14H14N2/c15-7-6-11-4-5-14-12(9-11)10-13-3-1-2-8-16(13)14/h1-3,8,10-11H,4-6,9H2. The zero-order chi connectivity index (χ0) is 11.0. The fourth-order valence-corrected chi connectivity index (χ4v) is 2.75. The molecule has 0 amide bonds. The van der Waals surface area contributed by atoms with Gasteiger partial charge in [0.05, 0.1) is 6.07 Å². The molecule has 2 aromatic rings. The lowest BCUT2D eigenvalue weighted by Gasteiger charge is -2.20. The molecular weight excluding hydrogens is 196 g/mol. The van der Waals surface area contributed by atoms with E-state index in [0.29, 0.717) is 12.3 Å². The molecule has 0 N–H and O–H groups in total. The minimum Gasteiger partial charge on any atom is -0.321 e. The van der Waals surface area contributed by atoms with Crippen molar-refractivity contribution < 1.29 is 0 Å². The Kier molecular flexibility index (Phi) is 2.18. The third-order valence-corrected chi connectivity index (χ3v) is 3.55. The Labute approximate surface area is 95.1 Å². The van der Waals surface area contributed by atoms with Gasteiger partial charge in [-0.05, 0) is 48.9 Å². The first kappa shape index (κ1) is 9.47. The average Bonchev–Trinajstić information content (AvgIpc) is 2.67. The minimum absolute atomic E-state index is 0.565. The van der Waals surface area contributed by atoms with E-state index in [9.17, 15) is 0 Å². The maximum atomic E-state index is 8.75. The fraction of sp³-hybridized carbons (Fsp3) is 0.357. The molecule has 2 heterocycles. The third-order valence-electron chi connectivity index (χ3n) is 3.55. The Morgan fingerprint density at radius 3 is 3.25 bits per heavy atom. The summed E-state index contributed by atoms with van der Waals surface area (Å²) in [5.41, 5.74) is 4.17. The van der Waals surface area contributed by atoms with Crippen molar-refractivity contribution >= 4 is 5.52 Å². The molecule has 0 bridgehead atoms. The molecule has 16 heavy (non-hydrogen) atoms. The molecule has 0 saturated carbocycles. The molecule has 1 atom stereocenters. The highest BCUT2D eigenvalue weighted by Gasteiger charge is 2.21. The fourth-order valence-electron chi connectivity index (χ4n) is 2.75. The quantitative estimate of drug-likeness (QED) is 0.711. The second-order valence-corrected chi connectivity index (χ2v) is 4.58. The van der Waals surface area contributed by atoms with Crippen LogP contribution in [0.5, 0.6) is 0 Å². The van der Waals surface area contributed by atoms with Gasteiger partial charge in [0.1, 0.15) is 0 Å². The summed E-state index contributed by atoms with van der Waals surface area (Å²) in [6.07, 6.45) is 6.18. The summed E-state index contributed by atoms with van der Waals surface area (Å²) in [4.78, 5) is 0. The third kappa shape index (κ3) is 1.40. The minimum atomic E-state index is 0.565. The molecule has 3 rings (SSSR count). The van der Waals surface area contributed by atoms with Gasteiger partial charge in [0.15, 0.2) is 0 Å². The molecule has 0 saturated heterocycles. The number of rotatable bonds is 1. The summed E-state index contributed by atoms with van der Waals surface area (Å²) in [5, 5.41) is 8.75. The molecule has 2 heteroatoms. The van der Waals surface area contributed by atoms with Crippen LogP contribution >= 0.6 is 0 Å². The van der Waals surface area contributed by atoms with Gasteiger partial charge in [0.25, 0.3) is 0 Å². The van der Waals surface area contributed by atoms with Gasteiger partial charge in [0, 0.05) is 23.8 Å². The van der Waals surface area contributed by atoms with Crippen LogP contribution in [-0.2, 0) is 12.8 Å². The largest absolute Gasteiger partial charge is 0.321 e. The predicted octanol–water partition coefficient (Wildman–Crippen LogP) is 2.96. The number of aromatic nitrogens is 1. The zero-order valence-corrected chi connectivity index (χ0v) is 9.19. The highest BCUT2D eigenvalue weighted by Crippen LogP contribution is 2.29.